The molecular weight excluding hydrogens is 406 g/mol. The van der Waals surface area contributed by atoms with Gasteiger partial charge in [0.1, 0.15) is 6.61 Å². The van der Waals surface area contributed by atoms with Crippen LogP contribution in [0, 0.1) is 10.1 Å². The quantitative estimate of drug-likeness (QED) is 0.419. The van der Waals surface area contributed by atoms with E-state index < -0.39 is 4.92 Å². The van der Waals surface area contributed by atoms with E-state index in [1.165, 1.54) is 32.4 Å². The number of carbonyl (C=O) groups excluding carboxylic acids is 1. The molecule has 1 N–H and O–H groups in total. The van der Waals surface area contributed by atoms with Crippen LogP contribution in [0.4, 0.5) is 5.69 Å². The van der Waals surface area contributed by atoms with Crippen molar-refractivity contribution >= 4 is 33.7 Å². The zero-order chi connectivity index (χ0) is 19.1. The number of hydrogen-bond donors (Lipinski definition) is 1. The van der Waals surface area contributed by atoms with E-state index in [0.717, 1.165) is 0 Å². The highest BCUT2D eigenvalue weighted by Crippen LogP contribution is 2.33. The van der Waals surface area contributed by atoms with Crippen LogP contribution in [0.15, 0.2) is 46.0 Å². The van der Waals surface area contributed by atoms with E-state index in [9.17, 15) is 14.9 Å². The average Bonchev–Trinajstić information content (AvgIpc) is 2.61. The van der Waals surface area contributed by atoms with Gasteiger partial charge < -0.3 is 9.47 Å². The molecule has 0 saturated heterocycles. The summed E-state index contributed by atoms with van der Waals surface area (Å²) in [5.74, 6) is 0.645. The first-order chi connectivity index (χ1) is 12.4. The monoisotopic (exact) mass is 421 g/mol. The molecule has 0 fully saturated rings. The molecule has 0 aliphatic carbocycles. The number of hydrazone groups is 1. The fourth-order valence-corrected chi connectivity index (χ4v) is 2.46. The van der Waals surface area contributed by atoms with Crippen molar-refractivity contribution in [3.05, 3.63) is 62.1 Å². The third-order valence-corrected chi connectivity index (χ3v) is 3.91. The summed E-state index contributed by atoms with van der Waals surface area (Å²) >= 11 is 3.41. The Labute approximate surface area is 158 Å². The van der Waals surface area contributed by atoms with Crippen LogP contribution in [0.2, 0.25) is 0 Å². The highest BCUT2D eigenvalue weighted by molar-refractivity contribution is 9.10. The van der Waals surface area contributed by atoms with Gasteiger partial charge in [0.25, 0.3) is 5.69 Å². The molecule has 0 atom stereocenters. The number of benzene rings is 2. The topological polar surface area (TPSA) is 103 Å². The van der Waals surface area contributed by atoms with Crippen molar-refractivity contribution in [1.29, 1.82) is 0 Å². The number of rotatable bonds is 7. The van der Waals surface area contributed by atoms with E-state index in [2.05, 4.69) is 26.5 Å². The lowest BCUT2D eigenvalue weighted by Crippen LogP contribution is -2.12. The van der Waals surface area contributed by atoms with Gasteiger partial charge in [-0.2, -0.15) is 5.10 Å². The van der Waals surface area contributed by atoms with Crippen LogP contribution in [0.3, 0.4) is 0 Å². The predicted molar refractivity (Wildman–Crippen MR) is 99.5 cm³/mol. The molecular formula is C17H16BrN3O5. The van der Waals surface area contributed by atoms with Gasteiger partial charge in [-0.25, -0.2) is 5.43 Å². The lowest BCUT2D eigenvalue weighted by Gasteiger charge is -2.12. The van der Waals surface area contributed by atoms with Gasteiger partial charge >= 0.3 is 0 Å². The van der Waals surface area contributed by atoms with Crippen LogP contribution in [0.5, 0.6) is 11.5 Å². The van der Waals surface area contributed by atoms with E-state index >= 15 is 0 Å². The fraction of sp³-hybridized carbons (Fsp3) is 0.176. The molecule has 2 rings (SSSR count). The lowest BCUT2D eigenvalue weighted by molar-refractivity contribution is -0.384. The first-order valence-electron chi connectivity index (χ1n) is 7.44. The Kier molecular flexibility index (Phi) is 6.67. The van der Waals surface area contributed by atoms with Crippen molar-refractivity contribution < 1.29 is 19.2 Å². The van der Waals surface area contributed by atoms with Gasteiger partial charge in [0, 0.05) is 29.1 Å². The minimum atomic E-state index is -0.454. The first kappa shape index (κ1) is 19.4. The van der Waals surface area contributed by atoms with Gasteiger partial charge in [0.2, 0.25) is 5.91 Å². The van der Waals surface area contributed by atoms with Gasteiger partial charge in [0.05, 0.1) is 18.2 Å². The first-order valence-corrected chi connectivity index (χ1v) is 8.23. The Morgan fingerprint density at radius 1 is 1.35 bits per heavy atom. The number of carbonyl (C=O) groups is 1. The molecule has 0 saturated carbocycles. The molecule has 0 bridgehead atoms. The van der Waals surface area contributed by atoms with Crippen LogP contribution < -0.4 is 14.9 Å². The number of nitrogens with zero attached hydrogens (tertiary/aromatic N) is 2. The molecule has 136 valence electrons. The third-order valence-electron chi connectivity index (χ3n) is 3.22. The molecule has 26 heavy (non-hydrogen) atoms. The van der Waals surface area contributed by atoms with E-state index in [0.29, 0.717) is 27.1 Å². The maximum atomic E-state index is 10.9. The number of hydrogen-bond acceptors (Lipinski definition) is 6. The van der Waals surface area contributed by atoms with Crippen molar-refractivity contribution in [2.75, 3.05) is 7.11 Å². The summed E-state index contributed by atoms with van der Waals surface area (Å²) in [6.07, 6.45) is 1.47. The molecule has 0 unspecified atom stereocenters. The van der Waals surface area contributed by atoms with Crippen LogP contribution in [-0.4, -0.2) is 24.2 Å². The van der Waals surface area contributed by atoms with E-state index in [1.807, 2.05) is 0 Å². The minimum absolute atomic E-state index is 0.00350. The zero-order valence-corrected chi connectivity index (χ0v) is 15.6. The standard InChI is InChI=1S/C17H16BrN3O5/c1-11(22)20-19-9-13-7-16(25-2)17(8-15(13)18)26-10-12-4-3-5-14(6-12)21(23)24/h3-9H,10H2,1-2H3,(H,20,22)/b19-9-. The predicted octanol–water partition coefficient (Wildman–Crippen LogP) is 3.41. The molecule has 1 amide bonds. The average molecular weight is 422 g/mol. The molecule has 9 heteroatoms. The van der Waals surface area contributed by atoms with Crippen LogP contribution in [-0.2, 0) is 11.4 Å². The molecule has 0 aliphatic heterocycles. The van der Waals surface area contributed by atoms with Gasteiger partial charge in [-0.15, -0.1) is 0 Å². The number of halogens is 1. The van der Waals surface area contributed by atoms with Crippen molar-refractivity contribution in [2.24, 2.45) is 5.10 Å². The van der Waals surface area contributed by atoms with Crippen molar-refractivity contribution in [3.63, 3.8) is 0 Å². The second kappa shape index (κ2) is 8.95. The van der Waals surface area contributed by atoms with Crippen LogP contribution in [0.25, 0.3) is 0 Å². The van der Waals surface area contributed by atoms with Crippen LogP contribution in [0.1, 0.15) is 18.1 Å². The Morgan fingerprint density at radius 3 is 2.77 bits per heavy atom. The van der Waals surface area contributed by atoms with Gasteiger partial charge in [-0.1, -0.05) is 12.1 Å². The molecule has 2 aromatic rings. The Bertz CT molecular complexity index is 854. The Morgan fingerprint density at radius 2 is 2.12 bits per heavy atom. The summed E-state index contributed by atoms with van der Waals surface area (Å²) in [6, 6.07) is 9.61. The van der Waals surface area contributed by atoms with Crippen molar-refractivity contribution in [2.45, 2.75) is 13.5 Å². The van der Waals surface area contributed by atoms with Gasteiger partial charge in [-0.05, 0) is 33.6 Å². The maximum absolute atomic E-state index is 10.9. The molecule has 0 aromatic heterocycles. The zero-order valence-electron chi connectivity index (χ0n) is 14.1. The van der Waals surface area contributed by atoms with E-state index in [4.69, 9.17) is 9.47 Å². The minimum Gasteiger partial charge on any atom is -0.493 e. The molecule has 0 heterocycles. The summed E-state index contributed by atoms with van der Waals surface area (Å²) in [7, 11) is 1.50. The van der Waals surface area contributed by atoms with Crippen molar-refractivity contribution in [1.82, 2.24) is 5.43 Å². The highest BCUT2D eigenvalue weighted by atomic mass is 79.9. The van der Waals surface area contributed by atoms with Crippen molar-refractivity contribution in [3.8, 4) is 11.5 Å². The SMILES string of the molecule is COc1cc(/C=N\NC(C)=O)c(Br)cc1OCc1cccc([N+](=O)[O-])c1. The third kappa shape index (κ3) is 5.28. The fourth-order valence-electron chi connectivity index (χ4n) is 2.04. The number of non-ortho nitro benzene ring substituents is 1. The number of nitro groups is 1. The van der Waals surface area contributed by atoms with Crippen LogP contribution >= 0.6 is 15.9 Å². The molecule has 2 aromatic carbocycles. The second-order valence-corrected chi connectivity index (χ2v) is 6.02. The number of nitrogens with one attached hydrogen (secondary N) is 1. The summed E-state index contributed by atoms with van der Waals surface area (Å²) in [6.45, 7) is 1.50. The number of amides is 1. The molecule has 0 radical (unpaired) electrons. The number of methoxy groups -OCH3 is 1. The van der Waals surface area contributed by atoms with E-state index in [1.54, 1.807) is 24.3 Å². The smallest absolute Gasteiger partial charge is 0.269 e. The van der Waals surface area contributed by atoms with Gasteiger partial charge in [-0.3, -0.25) is 14.9 Å². The second-order valence-electron chi connectivity index (χ2n) is 5.17. The Hall–Kier alpha value is -2.94. The Balaban J connectivity index is 2.17. The normalized spacial score (nSPS) is 10.6. The molecule has 0 spiro atoms. The molecule has 8 nitrogen and oxygen atoms in total. The maximum Gasteiger partial charge on any atom is 0.269 e. The summed E-state index contributed by atoms with van der Waals surface area (Å²) in [5.41, 5.74) is 3.66. The number of ether oxygens (including phenoxy) is 2. The summed E-state index contributed by atoms with van der Waals surface area (Å²) in [4.78, 5) is 21.2. The number of nitro benzene ring substituents is 1. The molecule has 0 aliphatic rings. The highest BCUT2D eigenvalue weighted by Gasteiger charge is 2.11. The van der Waals surface area contributed by atoms with Gasteiger partial charge in [0.15, 0.2) is 11.5 Å². The van der Waals surface area contributed by atoms with E-state index in [-0.39, 0.29) is 18.2 Å². The largest absolute Gasteiger partial charge is 0.493 e. The lowest BCUT2D eigenvalue weighted by atomic mass is 10.2. The summed E-state index contributed by atoms with van der Waals surface area (Å²) in [5, 5.41) is 14.7. The summed E-state index contributed by atoms with van der Waals surface area (Å²) < 4.78 is 11.7.